The first-order chi connectivity index (χ1) is 16.1. The van der Waals surface area contributed by atoms with E-state index in [-0.39, 0.29) is 18.3 Å². The van der Waals surface area contributed by atoms with Gasteiger partial charge in [0.25, 0.3) is 5.91 Å². The summed E-state index contributed by atoms with van der Waals surface area (Å²) >= 11 is 0. The van der Waals surface area contributed by atoms with E-state index < -0.39 is 0 Å². The summed E-state index contributed by atoms with van der Waals surface area (Å²) in [5.41, 5.74) is 1.86. The van der Waals surface area contributed by atoms with Crippen molar-refractivity contribution in [2.45, 2.75) is 6.92 Å². The molecule has 0 saturated heterocycles. The lowest BCUT2D eigenvalue weighted by atomic mass is 10.3. The maximum atomic E-state index is 13.3. The smallest absolute Gasteiger partial charge is 0.263 e. The highest BCUT2D eigenvalue weighted by Gasteiger charge is 2.18. The van der Waals surface area contributed by atoms with Gasteiger partial charge in [-0.3, -0.25) is 4.79 Å². The molecule has 0 radical (unpaired) electrons. The Hall–Kier alpha value is -4.60. The van der Waals surface area contributed by atoms with Crippen LogP contribution in [0.1, 0.15) is 5.69 Å². The Kier molecular flexibility index (Phi) is 5.23. The molecular formula is C23H18FN7O2. The van der Waals surface area contributed by atoms with Crippen LogP contribution in [0.4, 0.5) is 10.2 Å². The molecule has 0 saturated carbocycles. The largest absolute Gasteiger partial charge is 0.484 e. The lowest BCUT2D eigenvalue weighted by Crippen LogP contribution is -2.22. The number of benzene rings is 2. The van der Waals surface area contributed by atoms with Gasteiger partial charge in [-0.15, -0.1) is 0 Å². The Morgan fingerprint density at radius 1 is 1.06 bits per heavy atom. The number of nitrogens with zero attached hydrogens (tertiary/aromatic N) is 6. The summed E-state index contributed by atoms with van der Waals surface area (Å²) in [7, 11) is 0. The minimum atomic E-state index is -0.340. The highest BCUT2D eigenvalue weighted by molar-refractivity contribution is 5.92. The molecule has 0 unspecified atom stereocenters. The van der Waals surface area contributed by atoms with Gasteiger partial charge in [-0.1, -0.05) is 18.2 Å². The number of fused-ring (bicyclic) bond motifs is 1. The normalized spacial score (nSPS) is 11.0. The molecule has 0 aliphatic rings. The van der Waals surface area contributed by atoms with Crippen molar-refractivity contribution in [1.82, 2.24) is 29.5 Å². The third-order valence-electron chi connectivity index (χ3n) is 4.83. The van der Waals surface area contributed by atoms with E-state index in [0.717, 1.165) is 0 Å². The summed E-state index contributed by atoms with van der Waals surface area (Å²) in [5.74, 6) is 0.800. The number of amides is 1. The first-order valence-electron chi connectivity index (χ1n) is 10.1. The maximum Gasteiger partial charge on any atom is 0.263 e. The highest BCUT2D eigenvalue weighted by Crippen LogP contribution is 2.24. The highest BCUT2D eigenvalue weighted by atomic mass is 19.1. The van der Waals surface area contributed by atoms with Crippen LogP contribution in [-0.4, -0.2) is 42.0 Å². The molecule has 0 aliphatic heterocycles. The Morgan fingerprint density at radius 3 is 2.64 bits per heavy atom. The van der Waals surface area contributed by atoms with Crippen molar-refractivity contribution in [3.63, 3.8) is 0 Å². The van der Waals surface area contributed by atoms with Gasteiger partial charge >= 0.3 is 0 Å². The summed E-state index contributed by atoms with van der Waals surface area (Å²) in [6.45, 7) is 1.66. The van der Waals surface area contributed by atoms with Crippen molar-refractivity contribution in [3.05, 3.63) is 84.7 Å². The fraction of sp³-hybridized carbons (Fsp3) is 0.0870. The van der Waals surface area contributed by atoms with Gasteiger partial charge in [0.15, 0.2) is 18.1 Å². The van der Waals surface area contributed by atoms with E-state index >= 15 is 0 Å². The molecule has 1 N–H and O–H groups in total. The van der Waals surface area contributed by atoms with Crippen LogP contribution in [0.2, 0.25) is 0 Å². The maximum absolute atomic E-state index is 13.3. The average Bonchev–Trinajstić information content (AvgIpc) is 3.42. The molecular weight excluding hydrogens is 425 g/mol. The average molecular weight is 443 g/mol. The van der Waals surface area contributed by atoms with Crippen LogP contribution >= 0.6 is 0 Å². The van der Waals surface area contributed by atoms with Crippen LogP contribution in [0, 0.1) is 12.7 Å². The van der Waals surface area contributed by atoms with Crippen LogP contribution < -0.4 is 10.1 Å². The summed E-state index contributed by atoms with van der Waals surface area (Å²) < 4.78 is 21.9. The molecule has 164 valence electrons. The van der Waals surface area contributed by atoms with Crippen molar-refractivity contribution in [3.8, 4) is 17.3 Å². The van der Waals surface area contributed by atoms with Gasteiger partial charge in [-0.05, 0) is 43.3 Å². The van der Waals surface area contributed by atoms with Gasteiger partial charge in [0.1, 0.15) is 23.7 Å². The number of para-hydroxylation sites is 1. The van der Waals surface area contributed by atoms with Crippen LogP contribution in [-0.2, 0) is 4.79 Å². The minimum absolute atomic E-state index is 0.157. The van der Waals surface area contributed by atoms with E-state index in [4.69, 9.17) is 4.74 Å². The van der Waals surface area contributed by atoms with E-state index in [0.29, 0.717) is 39.8 Å². The van der Waals surface area contributed by atoms with Crippen molar-refractivity contribution in [2.24, 2.45) is 0 Å². The van der Waals surface area contributed by atoms with Gasteiger partial charge in [0, 0.05) is 6.07 Å². The van der Waals surface area contributed by atoms with E-state index in [1.54, 1.807) is 41.2 Å². The third-order valence-corrected chi connectivity index (χ3v) is 4.83. The molecule has 33 heavy (non-hydrogen) atoms. The molecule has 1 amide bonds. The number of anilines is 1. The SMILES string of the molecule is Cc1cc(NC(=O)COc2ccccc2)n(-c2ncnc3c2cnn3-c2ccc(F)cc2)n1. The number of hydrogen-bond donors (Lipinski definition) is 1. The Bertz CT molecular complexity index is 1430. The second-order valence-corrected chi connectivity index (χ2v) is 7.20. The van der Waals surface area contributed by atoms with Crippen molar-refractivity contribution in [1.29, 1.82) is 0 Å². The molecule has 0 bridgehead atoms. The lowest BCUT2D eigenvalue weighted by molar-refractivity contribution is -0.118. The first-order valence-corrected chi connectivity index (χ1v) is 10.1. The van der Waals surface area contributed by atoms with E-state index in [9.17, 15) is 9.18 Å². The van der Waals surface area contributed by atoms with E-state index in [1.807, 2.05) is 25.1 Å². The Labute approximate surface area is 187 Å². The second-order valence-electron chi connectivity index (χ2n) is 7.20. The van der Waals surface area contributed by atoms with Gasteiger partial charge in [0.2, 0.25) is 0 Å². The molecule has 3 aromatic heterocycles. The Morgan fingerprint density at radius 2 is 1.85 bits per heavy atom. The molecule has 2 aromatic carbocycles. The quantitative estimate of drug-likeness (QED) is 0.431. The van der Waals surface area contributed by atoms with Crippen LogP contribution in [0.3, 0.4) is 0 Å². The van der Waals surface area contributed by atoms with Crippen molar-refractivity contribution >= 4 is 22.8 Å². The molecule has 0 atom stereocenters. The van der Waals surface area contributed by atoms with Gasteiger partial charge < -0.3 is 10.1 Å². The summed E-state index contributed by atoms with van der Waals surface area (Å²) in [5, 5.41) is 12.3. The summed E-state index contributed by atoms with van der Waals surface area (Å²) in [4.78, 5) is 21.2. The molecule has 10 heteroatoms. The van der Waals surface area contributed by atoms with Crippen molar-refractivity contribution < 1.29 is 13.9 Å². The van der Waals surface area contributed by atoms with Crippen LogP contribution in [0.5, 0.6) is 5.75 Å². The zero-order valence-corrected chi connectivity index (χ0v) is 17.5. The number of ether oxygens (including phenoxy) is 1. The predicted molar refractivity (Wildman–Crippen MR) is 119 cm³/mol. The number of aromatic nitrogens is 6. The number of rotatable bonds is 6. The standard InChI is InChI=1S/C23H18FN7O2/c1-15-11-20(28-21(32)13-33-18-5-3-2-4-6-18)31(29-15)23-19-12-27-30(22(19)25-14-26-23)17-9-7-16(24)8-10-17/h2-12,14H,13H2,1H3,(H,28,32). The van der Waals surface area contributed by atoms with E-state index in [2.05, 4.69) is 25.5 Å². The molecule has 0 aliphatic carbocycles. The zero-order valence-electron chi connectivity index (χ0n) is 17.5. The number of halogens is 1. The second kappa shape index (κ2) is 8.50. The number of carbonyl (C=O) groups excluding carboxylic acids is 1. The van der Waals surface area contributed by atoms with Crippen LogP contribution in [0.15, 0.2) is 73.2 Å². The van der Waals surface area contributed by atoms with E-state index in [1.165, 1.54) is 23.1 Å². The lowest BCUT2D eigenvalue weighted by Gasteiger charge is -2.10. The fourth-order valence-corrected chi connectivity index (χ4v) is 3.37. The first kappa shape index (κ1) is 20.3. The molecule has 3 heterocycles. The van der Waals surface area contributed by atoms with Gasteiger partial charge in [0.05, 0.1) is 23.0 Å². The summed E-state index contributed by atoms with van der Waals surface area (Å²) in [6, 6.07) is 16.8. The molecule has 5 aromatic rings. The predicted octanol–water partition coefficient (Wildman–Crippen LogP) is 3.47. The van der Waals surface area contributed by atoms with Crippen LogP contribution in [0.25, 0.3) is 22.5 Å². The number of aryl methyl sites for hydroxylation is 1. The Balaban J connectivity index is 1.45. The minimum Gasteiger partial charge on any atom is -0.484 e. The van der Waals surface area contributed by atoms with Gasteiger partial charge in [-0.25, -0.2) is 19.0 Å². The zero-order chi connectivity index (χ0) is 22.8. The monoisotopic (exact) mass is 443 g/mol. The molecule has 5 rings (SSSR count). The molecule has 9 nitrogen and oxygen atoms in total. The molecule has 0 spiro atoms. The number of hydrogen-bond acceptors (Lipinski definition) is 6. The van der Waals surface area contributed by atoms with Gasteiger partial charge in [-0.2, -0.15) is 14.9 Å². The topological polar surface area (TPSA) is 99.7 Å². The number of nitrogens with one attached hydrogen (secondary N) is 1. The summed E-state index contributed by atoms with van der Waals surface area (Å²) in [6.07, 6.45) is 3.00. The number of carbonyl (C=O) groups is 1. The fourth-order valence-electron chi connectivity index (χ4n) is 3.37. The van der Waals surface area contributed by atoms with Crippen molar-refractivity contribution in [2.75, 3.05) is 11.9 Å². The molecule has 0 fully saturated rings. The third kappa shape index (κ3) is 4.13.